The van der Waals surface area contributed by atoms with Crippen molar-refractivity contribution in [1.29, 1.82) is 0 Å². The molecule has 0 bridgehead atoms. The molecule has 7 aliphatic rings. The van der Waals surface area contributed by atoms with Crippen molar-refractivity contribution in [2.24, 2.45) is 50.2 Å². The molecule has 318 valence electrons. The van der Waals surface area contributed by atoms with Crippen LogP contribution >= 0.6 is 0 Å². The van der Waals surface area contributed by atoms with E-state index in [-0.39, 0.29) is 33.5 Å². The van der Waals surface area contributed by atoms with E-state index in [1.54, 1.807) is 0 Å². The maximum Gasteiger partial charge on any atom is 0.335 e. The first-order valence-corrected chi connectivity index (χ1v) is 20.8. The van der Waals surface area contributed by atoms with Gasteiger partial charge >= 0.3 is 11.9 Å². The summed E-state index contributed by atoms with van der Waals surface area (Å²) >= 11 is 0. The number of aliphatic hydroxyl groups is 6. The van der Waals surface area contributed by atoms with E-state index in [1.807, 2.05) is 0 Å². The average Bonchev–Trinajstić information content (AvgIpc) is 3.12. The third-order valence-electron chi connectivity index (χ3n) is 17.2. The molecule has 6 fully saturated rings. The Morgan fingerprint density at radius 1 is 0.750 bits per heavy atom. The Morgan fingerprint density at radius 3 is 2.07 bits per heavy atom. The van der Waals surface area contributed by atoms with Gasteiger partial charge in [-0.2, -0.15) is 0 Å². The molecule has 4 saturated carbocycles. The van der Waals surface area contributed by atoms with Gasteiger partial charge in [0.05, 0.1) is 18.1 Å². The Hall–Kier alpha value is -1.72. The van der Waals surface area contributed by atoms with E-state index in [1.165, 1.54) is 5.57 Å². The largest absolute Gasteiger partial charge is 0.481 e. The summed E-state index contributed by atoms with van der Waals surface area (Å²) in [6.45, 7) is 15.4. The van der Waals surface area contributed by atoms with Gasteiger partial charge in [-0.05, 0) is 109 Å². The monoisotopic (exact) mass is 794 g/mol. The molecule has 0 aromatic heterocycles. The standard InChI is InChI=1S/C42H66O14/c1-37(2)14-16-42(36(51)52)17-15-40(6)20(21(42)18-37)8-9-24-39(5)12-11-25(38(3,4)23(39)10-13-41(24,40)7)54-35-32(29(47)28(46)31(55-35)33(49)50)56-34-30(48)27(45)26(44)22(19-43)53-34/h8,21-32,34-35,43-48H,9-19H2,1-7H3,(H,49,50)(H,51,52)/t21-,22+,23-,24+,25?,26-,27-,28-,29-,30+,31-,32+,34-,35+,39-,40+,41+,42-/m0/s1. The predicted molar refractivity (Wildman–Crippen MR) is 198 cm³/mol. The Labute approximate surface area is 329 Å². The fourth-order valence-electron chi connectivity index (χ4n) is 13.6. The summed E-state index contributed by atoms with van der Waals surface area (Å²) < 4.78 is 23.9. The molecule has 0 radical (unpaired) electrons. The van der Waals surface area contributed by atoms with Crippen LogP contribution < -0.4 is 0 Å². The predicted octanol–water partition coefficient (Wildman–Crippen LogP) is 2.97. The number of ether oxygens (including phenoxy) is 4. The van der Waals surface area contributed by atoms with E-state index in [2.05, 4.69) is 54.5 Å². The van der Waals surface area contributed by atoms with Crippen LogP contribution in [0.15, 0.2) is 11.6 Å². The van der Waals surface area contributed by atoms with E-state index in [0.29, 0.717) is 25.2 Å². The summed E-state index contributed by atoms with van der Waals surface area (Å²) in [5.41, 5.74) is -0.0913. The van der Waals surface area contributed by atoms with E-state index in [9.17, 15) is 50.4 Å². The van der Waals surface area contributed by atoms with Crippen molar-refractivity contribution in [3.05, 3.63) is 11.6 Å². The first-order valence-electron chi connectivity index (χ1n) is 20.8. The van der Waals surface area contributed by atoms with Crippen LogP contribution in [0.2, 0.25) is 0 Å². The minimum absolute atomic E-state index is 0.0171. The summed E-state index contributed by atoms with van der Waals surface area (Å²) in [4.78, 5) is 25.2. The smallest absolute Gasteiger partial charge is 0.335 e. The molecule has 0 aromatic rings. The lowest BCUT2D eigenvalue weighted by Gasteiger charge is -2.71. The Morgan fingerprint density at radius 2 is 1.43 bits per heavy atom. The third kappa shape index (κ3) is 6.17. The number of hydrogen-bond donors (Lipinski definition) is 8. The highest BCUT2D eigenvalue weighted by Gasteiger charge is 2.70. The summed E-state index contributed by atoms with van der Waals surface area (Å²) in [6.07, 6.45) is -6.99. The molecule has 14 heteroatoms. The molecule has 1 unspecified atom stereocenters. The van der Waals surface area contributed by atoms with Gasteiger partial charge in [-0.15, -0.1) is 0 Å². The zero-order valence-electron chi connectivity index (χ0n) is 34.0. The molecule has 14 nitrogen and oxygen atoms in total. The molecule has 5 aliphatic carbocycles. The zero-order chi connectivity index (χ0) is 41.1. The van der Waals surface area contributed by atoms with Gasteiger partial charge in [0.1, 0.15) is 42.7 Å². The highest BCUT2D eigenvalue weighted by atomic mass is 16.8. The van der Waals surface area contributed by atoms with Crippen LogP contribution in [0.5, 0.6) is 0 Å². The van der Waals surface area contributed by atoms with Gasteiger partial charge in [-0.3, -0.25) is 4.79 Å². The molecule has 0 spiro atoms. The van der Waals surface area contributed by atoms with Crippen molar-refractivity contribution in [2.45, 2.75) is 180 Å². The van der Waals surface area contributed by atoms with Crippen molar-refractivity contribution in [3.8, 4) is 0 Å². The molecule has 18 atom stereocenters. The second-order valence-electron chi connectivity index (χ2n) is 20.7. The third-order valence-corrected chi connectivity index (χ3v) is 17.2. The van der Waals surface area contributed by atoms with Crippen LogP contribution in [0.25, 0.3) is 0 Å². The van der Waals surface area contributed by atoms with Crippen LogP contribution in [0.4, 0.5) is 0 Å². The first-order chi connectivity index (χ1) is 26.0. The summed E-state index contributed by atoms with van der Waals surface area (Å²) in [5, 5.41) is 83.8. The number of carboxylic acids is 2. The average molecular weight is 795 g/mol. The lowest BCUT2D eigenvalue weighted by atomic mass is 9.33. The summed E-state index contributed by atoms with van der Waals surface area (Å²) in [7, 11) is 0. The molecule has 2 aliphatic heterocycles. The number of aliphatic carboxylic acids is 2. The second-order valence-corrected chi connectivity index (χ2v) is 20.7. The Kier molecular flexibility index (Phi) is 10.8. The molecule has 0 amide bonds. The quantitative estimate of drug-likeness (QED) is 0.137. The van der Waals surface area contributed by atoms with Crippen molar-refractivity contribution in [2.75, 3.05) is 6.61 Å². The van der Waals surface area contributed by atoms with Gasteiger partial charge in [-0.25, -0.2) is 4.79 Å². The highest BCUT2D eigenvalue weighted by molar-refractivity contribution is 5.76. The fraction of sp³-hybridized carbons (Fsp3) is 0.905. The van der Waals surface area contributed by atoms with Crippen molar-refractivity contribution < 1.29 is 69.4 Å². The molecule has 8 N–H and O–H groups in total. The summed E-state index contributed by atoms with van der Waals surface area (Å²) in [6, 6.07) is 0. The van der Waals surface area contributed by atoms with Crippen LogP contribution in [-0.4, -0.2) is 127 Å². The Balaban J connectivity index is 1.16. The molecule has 56 heavy (non-hydrogen) atoms. The number of aliphatic hydroxyl groups excluding tert-OH is 6. The Bertz CT molecular complexity index is 1560. The van der Waals surface area contributed by atoms with Gasteiger partial charge in [0.25, 0.3) is 0 Å². The summed E-state index contributed by atoms with van der Waals surface area (Å²) in [5.74, 6) is -1.66. The van der Waals surface area contributed by atoms with Gasteiger partial charge in [0, 0.05) is 0 Å². The van der Waals surface area contributed by atoms with Crippen LogP contribution in [0.1, 0.15) is 113 Å². The van der Waals surface area contributed by atoms with Crippen molar-refractivity contribution in [3.63, 3.8) is 0 Å². The van der Waals surface area contributed by atoms with E-state index in [4.69, 9.17) is 18.9 Å². The second kappa shape index (κ2) is 14.2. The molecular formula is C42H66O14. The number of allylic oxidation sites excluding steroid dienone is 2. The topological polar surface area (TPSA) is 233 Å². The maximum atomic E-state index is 13.1. The van der Waals surface area contributed by atoms with E-state index < -0.39 is 96.9 Å². The zero-order valence-corrected chi connectivity index (χ0v) is 34.0. The molecule has 7 rings (SSSR count). The minimum atomic E-state index is -1.94. The lowest BCUT2D eigenvalue weighted by molar-refractivity contribution is -0.374. The van der Waals surface area contributed by atoms with Crippen LogP contribution in [0.3, 0.4) is 0 Å². The van der Waals surface area contributed by atoms with Gasteiger partial charge in [0.15, 0.2) is 18.7 Å². The molecule has 2 heterocycles. The van der Waals surface area contributed by atoms with Crippen molar-refractivity contribution in [1.82, 2.24) is 0 Å². The lowest BCUT2D eigenvalue weighted by Crippen LogP contribution is -2.67. The first kappa shape index (κ1) is 42.4. The van der Waals surface area contributed by atoms with Crippen LogP contribution in [0, 0.1) is 50.2 Å². The number of carbonyl (C=O) groups is 2. The van der Waals surface area contributed by atoms with Gasteiger partial charge in [-0.1, -0.05) is 60.1 Å². The van der Waals surface area contributed by atoms with E-state index in [0.717, 1.165) is 44.9 Å². The minimum Gasteiger partial charge on any atom is -0.481 e. The maximum absolute atomic E-state index is 13.1. The molecule has 0 aromatic carbocycles. The molecular weight excluding hydrogens is 728 g/mol. The molecule has 2 saturated heterocycles. The van der Waals surface area contributed by atoms with Crippen molar-refractivity contribution >= 4 is 11.9 Å². The SMILES string of the molecule is CC1(C)CC[C@]2(C(=O)O)CC[C@]3(C)C(=CC[C@@H]4[C@@]5(C)CCC(O[C@@H]6O[C@H](C(=O)O)[C@@H](O)[C@H](O)[C@H]6O[C@@H]6O[C@H](CO)[C@H](O)[C@H](O)[C@H]6O)C(C)(C)[C@@H]5CC[C@]43C)[C@@H]2C1. The number of fused-ring (bicyclic) bond motifs is 7. The number of hydrogen-bond acceptors (Lipinski definition) is 12. The fourth-order valence-corrected chi connectivity index (χ4v) is 13.6. The normalized spacial score (nSPS) is 52.3. The van der Waals surface area contributed by atoms with E-state index >= 15 is 0 Å². The number of rotatable bonds is 7. The van der Waals surface area contributed by atoms with Crippen LogP contribution in [-0.2, 0) is 28.5 Å². The van der Waals surface area contributed by atoms with Gasteiger partial charge in [0.2, 0.25) is 0 Å². The number of carboxylic acid groups (broad SMARTS) is 2. The highest BCUT2D eigenvalue weighted by Crippen LogP contribution is 2.76. The van der Waals surface area contributed by atoms with Gasteiger partial charge < -0.3 is 59.8 Å².